The van der Waals surface area contributed by atoms with Crippen LogP contribution < -0.4 is 10.6 Å². The van der Waals surface area contributed by atoms with Crippen molar-refractivity contribution < 1.29 is 0 Å². The average Bonchev–Trinajstić information content (AvgIpc) is 3.09. The Morgan fingerprint density at radius 2 is 1.89 bits per heavy atom. The number of aliphatic imine (C=N–C) groups is 1. The molecule has 0 atom stereocenters. The van der Waals surface area contributed by atoms with Crippen molar-refractivity contribution in [2.45, 2.75) is 38.9 Å². The Labute approximate surface area is 171 Å². The van der Waals surface area contributed by atoms with Gasteiger partial charge in [-0.15, -0.1) is 0 Å². The highest BCUT2D eigenvalue weighted by Crippen LogP contribution is 2.16. The van der Waals surface area contributed by atoms with Gasteiger partial charge in [0.05, 0.1) is 6.54 Å². The number of hydrogen-bond acceptors (Lipinski definition) is 2. The minimum Gasteiger partial charge on any atom is -0.357 e. The summed E-state index contributed by atoms with van der Waals surface area (Å²) in [6.45, 7) is 6.96. The number of aryl methyl sites for hydroxylation is 1. The van der Waals surface area contributed by atoms with Crippen molar-refractivity contribution in [1.29, 1.82) is 0 Å². The number of likely N-dealkylation sites (tertiary alicyclic amines) is 1. The summed E-state index contributed by atoms with van der Waals surface area (Å²) in [5.74, 6) is 0.924. The number of nitrogens with one attached hydrogen (secondary N) is 2. The summed E-state index contributed by atoms with van der Waals surface area (Å²) in [4.78, 5) is 7.29. The lowest BCUT2D eigenvalue weighted by Gasteiger charge is -2.33. The van der Waals surface area contributed by atoms with Gasteiger partial charge in [-0.25, -0.2) is 4.99 Å². The van der Waals surface area contributed by atoms with E-state index in [4.69, 9.17) is 4.99 Å². The monoisotopic (exact) mass is 431 g/mol. The molecule has 0 unspecified atom stereocenters. The molecule has 1 saturated heterocycles. The Balaban J connectivity index is 1.47. The first-order valence-corrected chi connectivity index (χ1v) is 10.5. The van der Waals surface area contributed by atoms with Crippen LogP contribution in [0.1, 0.15) is 30.9 Å². The van der Waals surface area contributed by atoms with Gasteiger partial charge in [0, 0.05) is 56.1 Å². The van der Waals surface area contributed by atoms with Crippen molar-refractivity contribution in [1.82, 2.24) is 20.1 Å². The lowest BCUT2D eigenvalue weighted by Crippen LogP contribution is -2.48. The van der Waals surface area contributed by atoms with E-state index in [2.05, 4.69) is 85.7 Å². The Morgan fingerprint density at radius 1 is 1.15 bits per heavy atom. The topological polar surface area (TPSA) is 44.6 Å². The van der Waals surface area contributed by atoms with Crippen molar-refractivity contribution in [3.63, 3.8) is 0 Å². The molecule has 0 bridgehead atoms. The summed E-state index contributed by atoms with van der Waals surface area (Å²) in [5.41, 5.74) is 2.61. The van der Waals surface area contributed by atoms with E-state index < -0.39 is 0 Å². The quantitative estimate of drug-likeness (QED) is 0.543. The van der Waals surface area contributed by atoms with E-state index in [0.717, 1.165) is 49.5 Å². The number of aromatic nitrogens is 1. The van der Waals surface area contributed by atoms with Crippen LogP contribution in [0.5, 0.6) is 0 Å². The van der Waals surface area contributed by atoms with Crippen molar-refractivity contribution in [3.05, 3.63) is 58.3 Å². The van der Waals surface area contributed by atoms with Crippen LogP contribution in [0.3, 0.4) is 0 Å². The van der Waals surface area contributed by atoms with E-state index in [1.807, 2.05) is 7.05 Å². The molecular formula is C21H30BrN5. The van der Waals surface area contributed by atoms with E-state index >= 15 is 0 Å². The van der Waals surface area contributed by atoms with Crippen molar-refractivity contribution >= 4 is 21.9 Å². The first-order chi connectivity index (χ1) is 13.1. The first-order valence-electron chi connectivity index (χ1n) is 9.75. The van der Waals surface area contributed by atoms with Gasteiger partial charge in [0.15, 0.2) is 5.96 Å². The number of piperidine rings is 1. The summed E-state index contributed by atoms with van der Waals surface area (Å²) >= 11 is 3.50. The Morgan fingerprint density at radius 3 is 2.52 bits per heavy atom. The fourth-order valence-electron chi connectivity index (χ4n) is 3.42. The number of benzene rings is 1. The average molecular weight is 432 g/mol. The Kier molecular flexibility index (Phi) is 7.35. The summed E-state index contributed by atoms with van der Waals surface area (Å²) in [6.07, 6.45) is 6.47. The van der Waals surface area contributed by atoms with Crippen LogP contribution in [-0.4, -0.2) is 41.1 Å². The molecule has 0 saturated carbocycles. The SMILES string of the molecule is CCNC(=NCc1ccn(C)c1)NC1CCN(Cc2ccc(Br)cc2)CC1. The second-order valence-electron chi connectivity index (χ2n) is 7.20. The number of nitrogens with zero attached hydrogens (tertiary/aromatic N) is 3. The van der Waals surface area contributed by atoms with Crippen LogP contribution in [0.2, 0.25) is 0 Å². The maximum absolute atomic E-state index is 4.75. The standard InChI is InChI=1S/C21H30BrN5/c1-3-23-21(24-14-18-8-11-26(2)15-18)25-20-9-12-27(13-10-20)16-17-4-6-19(22)7-5-17/h4-8,11,15,20H,3,9-10,12-14,16H2,1-2H3,(H2,23,24,25). The molecule has 1 aliphatic rings. The van der Waals surface area contributed by atoms with Crippen molar-refractivity contribution in [2.24, 2.45) is 12.0 Å². The molecule has 2 N–H and O–H groups in total. The largest absolute Gasteiger partial charge is 0.357 e. The van der Waals surface area contributed by atoms with Gasteiger partial charge in [-0.2, -0.15) is 0 Å². The third-order valence-corrected chi connectivity index (χ3v) is 5.43. The number of hydrogen-bond donors (Lipinski definition) is 2. The van der Waals surface area contributed by atoms with E-state index in [1.54, 1.807) is 0 Å². The molecule has 0 radical (unpaired) electrons. The Bertz CT molecular complexity index is 729. The molecular weight excluding hydrogens is 402 g/mol. The minimum absolute atomic E-state index is 0.486. The van der Waals surface area contributed by atoms with Crippen LogP contribution in [0, 0.1) is 0 Å². The molecule has 1 aromatic heterocycles. The molecule has 2 heterocycles. The molecule has 146 valence electrons. The predicted octanol–water partition coefficient (Wildman–Crippen LogP) is 3.51. The third-order valence-electron chi connectivity index (χ3n) is 4.91. The van der Waals surface area contributed by atoms with Gasteiger partial charge in [-0.05, 0) is 49.1 Å². The molecule has 5 nitrogen and oxygen atoms in total. The lowest BCUT2D eigenvalue weighted by atomic mass is 10.0. The van der Waals surface area contributed by atoms with E-state index in [-0.39, 0.29) is 0 Å². The summed E-state index contributed by atoms with van der Waals surface area (Å²) < 4.78 is 3.20. The van der Waals surface area contributed by atoms with Gasteiger partial charge < -0.3 is 15.2 Å². The molecule has 0 spiro atoms. The fourth-order valence-corrected chi connectivity index (χ4v) is 3.69. The predicted molar refractivity (Wildman–Crippen MR) is 116 cm³/mol. The molecule has 0 aliphatic carbocycles. The molecule has 0 amide bonds. The second kappa shape index (κ2) is 9.95. The van der Waals surface area contributed by atoms with Crippen LogP contribution in [-0.2, 0) is 20.1 Å². The first kappa shape index (κ1) is 20.0. The molecule has 1 aromatic carbocycles. The van der Waals surface area contributed by atoms with Gasteiger partial charge in [0.25, 0.3) is 0 Å². The van der Waals surface area contributed by atoms with Crippen LogP contribution in [0.15, 0.2) is 52.2 Å². The number of rotatable bonds is 6. The molecule has 3 rings (SSSR count). The van der Waals surface area contributed by atoms with Crippen LogP contribution >= 0.6 is 15.9 Å². The van der Waals surface area contributed by atoms with Crippen LogP contribution in [0.4, 0.5) is 0 Å². The normalized spacial score (nSPS) is 16.5. The summed E-state index contributed by atoms with van der Waals surface area (Å²) in [6, 6.07) is 11.3. The zero-order valence-electron chi connectivity index (χ0n) is 16.3. The minimum atomic E-state index is 0.486. The molecule has 1 fully saturated rings. The highest BCUT2D eigenvalue weighted by molar-refractivity contribution is 9.10. The van der Waals surface area contributed by atoms with Gasteiger partial charge in [-0.3, -0.25) is 4.90 Å². The van der Waals surface area contributed by atoms with E-state index in [9.17, 15) is 0 Å². The third kappa shape index (κ3) is 6.40. The highest BCUT2D eigenvalue weighted by Gasteiger charge is 2.20. The highest BCUT2D eigenvalue weighted by atomic mass is 79.9. The summed E-state index contributed by atoms with van der Waals surface area (Å²) in [5, 5.41) is 7.00. The van der Waals surface area contributed by atoms with Crippen molar-refractivity contribution in [2.75, 3.05) is 19.6 Å². The summed E-state index contributed by atoms with van der Waals surface area (Å²) in [7, 11) is 2.04. The van der Waals surface area contributed by atoms with Gasteiger partial charge >= 0.3 is 0 Å². The lowest BCUT2D eigenvalue weighted by molar-refractivity contribution is 0.198. The van der Waals surface area contributed by atoms with Gasteiger partial charge in [-0.1, -0.05) is 28.1 Å². The van der Waals surface area contributed by atoms with Crippen molar-refractivity contribution in [3.8, 4) is 0 Å². The second-order valence-corrected chi connectivity index (χ2v) is 8.12. The van der Waals surface area contributed by atoms with E-state index in [0.29, 0.717) is 12.6 Å². The maximum atomic E-state index is 4.75. The van der Waals surface area contributed by atoms with Gasteiger partial charge in [0.2, 0.25) is 0 Å². The fraction of sp³-hybridized carbons (Fsp3) is 0.476. The molecule has 6 heteroatoms. The van der Waals surface area contributed by atoms with E-state index in [1.165, 1.54) is 11.1 Å². The smallest absolute Gasteiger partial charge is 0.191 e. The Hall–Kier alpha value is -1.79. The van der Waals surface area contributed by atoms with Crippen LogP contribution in [0.25, 0.3) is 0 Å². The zero-order chi connectivity index (χ0) is 19.1. The zero-order valence-corrected chi connectivity index (χ0v) is 17.9. The number of guanidine groups is 1. The molecule has 1 aliphatic heterocycles. The van der Waals surface area contributed by atoms with Gasteiger partial charge in [0.1, 0.15) is 0 Å². The molecule has 2 aromatic rings. The maximum Gasteiger partial charge on any atom is 0.191 e. The number of halogens is 1. The molecule has 27 heavy (non-hydrogen) atoms.